The van der Waals surface area contributed by atoms with Crippen LogP contribution in [0.2, 0.25) is 0 Å². The average molecular weight is 173 g/mol. The maximum Gasteiger partial charge on any atom is 0.320 e. The first-order valence-corrected chi connectivity index (χ1v) is 3.72. The Morgan fingerprint density at radius 2 is 2.64 bits per heavy atom. The van der Waals surface area contributed by atoms with Gasteiger partial charge in [-0.3, -0.25) is 4.79 Å². The Balaban J connectivity index is 2.50. The van der Waals surface area contributed by atoms with Crippen LogP contribution in [0.5, 0.6) is 0 Å². The zero-order chi connectivity index (χ0) is 8.27. The number of nitrogens with two attached hydrogens (primary N) is 1. The van der Waals surface area contributed by atoms with Crippen LogP contribution in [-0.2, 0) is 11.2 Å². The van der Waals surface area contributed by atoms with Gasteiger partial charge in [0.25, 0.3) is 0 Å². The molecule has 6 heteroatoms. The Morgan fingerprint density at radius 1 is 1.91 bits per heavy atom. The highest BCUT2D eigenvalue weighted by Crippen LogP contribution is 2.04. The van der Waals surface area contributed by atoms with Crippen molar-refractivity contribution in [2.24, 2.45) is 5.73 Å². The van der Waals surface area contributed by atoms with E-state index in [0.29, 0.717) is 6.42 Å². The van der Waals surface area contributed by atoms with Crippen LogP contribution < -0.4 is 5.73 Å². The van der Waals surface area contributed by atoms with Crippen molar-refractivity contribution in [2.75, 3.05) is 0 Å². The molecule has 1 aromatic heterocycles. The molecule has 11 heavy (non-hydrogen) atoms. The minimum absolute atomic E-state index is 0.299. The zero-order valence-corrected chi connectivity index (χ0v) is 6.41. The topological polar surface area (TPSA) is 89.1 Å². The van der Waals surface area contributed by atoms with Crippen LogP contribution in [0.1, 0.15) is 4.88 Å². The van der Waals surface area contributed by atoms with E-state index in [4.69, 9.17) is 10.8 Å². The van der Waals surface area contributed by atoms with Gasteiger partial charge in [0.1, 0.15) is 6.04 Å². The summed E-state index contributed by atoms with van der Waals surface area (Å²) in [7, 11) is 0. The van der Waals surface area contributed by atoms with Crippen molar-refractivity contribution in [3.63, 3.8) is 0 Å². The Bertz CT molecular complexity index is 236. The van der Waals surface area contributed by atoms with E-state index in [1.54, 1.807) is 0 Å². The number of rotatable bonds is 3. The smallest absolute Gasteiger partial charge is 0.320 e. The molecule has 0 aliphatic rings. The van der Waals surface area contributed by atoms with Crippen LogP contribution in [0.4, 0.5) is 0 Å². The molecule has 5 nitrogen and oxygen atoms in total. The summed E-state index contributed by atoms with van der Waals surface area (Å²) in [6.45, 7) is 0. The Kier molecular flexibility index (Phi) is 2.50. The molecular formula is C5H7N3O2S. The van der Waals surface area contributed by atoms with E-state index in [1.807, 2.05) is 0 Å². The van der Waals surface area contributed by atoms with Gasteiger partial charge in [0.05, 0.1) is 6.20 Å². The fraction of sp³-hybridized carbons (Fsp3) is 0.400. The lowest BCUT2D eigenvalue weighted by molar-refractivity contribution is -0.138. The van der Waals surface area contributed by atoms with Gasteiger partial charge in [-0.15, -0.1) is 5.10 Å². The third-order valence-corrected chi connectivity index (χ3v) is 1.83. The number of nitrogens with zero attached hydrogens (tertiary/aromatic N) is 2. The average Bonchev–Trinajstić information content (AvgIpc) is 2.39. The van der Waals surface area contributed by atoms with Crippen molar-refractivity contribution in [2.45, 2.75) is 12.5 Å². The van der Waals surface area contributed by atoms with Gasteiger partial charge in [0.15, 0.2) is 0 Å². The molecule has 0 unspecified atom stereocenters. The van der Waals surface area contributed by atoms with Gasteiger partial charge in [0.2, 0.25) is 0 Å². The Hall–Kier alpha value is -1.01. The van der Waals surface area contributed by atoms with Crippen molar-refractivity contribution in [3.05, 3.63) is 11.1 Å². The van der Waals surface area contributed by atoms with E-state index < -0.39 is 12.0 Å². The second-order valence-corrected chi connectivity index (χ2v) is 2.90. The summed E-state index contributed by atoms with van der Waals surface area (Å²) in [6, 6.07) is -0.850. The van der Waals surface area contributed by atoms with Gasteiger partial charge in [-0.25, -0.2) is 0 Å². The summed E-state index contributed by atoms with van der Waals surface area (Å²) in [5.41, 5.74) is 5.26. The van der Waals surface area contributed by atoms with E-state index in [-0.39, 0.29) is 0 Å². The molecule has 1 heterocycles. The number of hydrogen-bond donors (Lipinski definition) is 2. The first kappa shape index (κ1) is 8.09. The lowest BCUT2D eigenvalue weighted by atomic mass is 10.2. The van der Waals surface area contributed by atoms with E-state index in [9.17, 15) is 4.79 Å². The van der Waals surface area contributed by atoms with Crippen LogP contribution in [0.15, 0.2) is 6.20 Å². The molecular weight excluding hydrogens is 166 g/mol. The fourth-order valence-electron chi connectivity index (χ4n) is 0.582. The number of carbonyl (C=O) groups is 1. The fourth-order valence-corrected chi connectivity index (χ4v) is 1.13. The summed E-state index contributed by atoms with van der Waals surface area (Å²) < 4.78 is 3.58. The highest BCUT2D eigenvalue weighted by Gasteiger charge is 2.12. The van der Waals surface area contributed by atoms with E-state index in [1.165, 1.54) is 6.20 Å². The number of carboxylic acid groups (broad SMARTS) is 1. The molecule has 0 saturated heterocycles. The van der Waals surface area contributed by atoms with E-state index in [0.717, 1.165) is 16.4 Å². The lowest BCUT2D eigenvalue weighted by Crippen LogP contribution is -2.31. The third kappa shape index (κ3) is 2.24. The molecule has 1 rings (SSSR count). The molecule has 0 amide bonds. The normalized spacial score (nSPS) is 12.8. The lowest BCUT2D eigenvalue weighted by Gasteiger charge is -2.00. The van der Waals surface area contributed by atoms with Gasteiger partial charge in [0, 0.05) is 11.3 Å². The highest BCUT2D eigenvalue weighted by molar-refractivity contribution is 7.05. The van der Waals surface area contributed by atoms with Crippen LogP contribution in [0.3, 0.4) is 0 Å². The van der Waals surface area contributed by atoms with Crippen molar-refractivity contribution in [1.82, 2.24) is 9.59 Å². The SMILES string of the molecule is N[C@@H](Cc1cnns1)C(=O)O. The molecule has 0 saturated carbocycles. The van der Waals surface area contributed by atoms with Gasteiger partial charge < -0.3 is 10.8 Å². The quantitative estimate of drug-likeness (QED) is 0.642. The molecule has 0 bridgehead atoms. The minimum Gasteiger partial charge on any atom is -0.480 e. The van der Waals surface area contributed by atoms with Crippen LogP contribution in [0, 0.1) is 0 Å². The maximum absolute atomic E-state index is 10.3. The minimum atomic E-state index is -1.00. The predicted molar refractivity (Wildman–Crippen MR) is 39.2 cm³/mol. The molecule has 0 aliphatic heterocycles. The van der Waals surface area contributed by atoms with Crippen molar-refractivity contribution < 1.29 is 9.90 Å². The molecule has 60 valence electrons. The van der Waals surface area contributed by atoms with Crippen molar-refractivity contribution in [1.29, 1.82) is 0 Å². The summed E-state index contributed by atoms with van der Waals surface area (Å²) in [6.07, 6.45) is 1.82. The molecule has 0 aromatic carbocycles. The van der Waals surface area contributed by atoms with Gasteiger partial charge in [-0.2, -0.15) is 0 Å². The summed E-state index contributed by atoms with van der Waals surface area (Å²) >= 11 is 1.16. The molecule has 1 aromatic rings. The standard InChI is InChI=1S/C5H7N3O2S/c6-4(5(9)10)1-3-2-7-8-11-3/h2,4H,1,6H2,(H,9,10)/t4-/m0/s1. The van der Waals surface area contributed by atoms with Gasteiger partial charge in [-0.1, -0.05) is 4.49 Å². The first-order valence-electron chi connectivity index (χ1n) is 2.95. The zero-order valence-electron chi connectivity index (χ0n) is 5.60. The molecule has 0 fully saturated rings. The molecule has 0 spiro atoms. The van der Waals surface area contributed by atoms with Crippen molar-refractivity contribution >= 4 is 17.5 Å². The summed E-state index contributed by atoms with van der Waals surface area (Å²) in [5.74, 6) is -1.00. The predicted octanol–water partition coefficient (Wildman–Crippen LogP) is -0.508. The molecule has 1 atom stereocenters. The van der Waals surface area contributed by atoms with E-state index in [2.05, 4.69) is 9.59 Å². The highest BCUT2D eigenvalue weighted by atomic mass is 32.1. The van der Waals surface area contributed by atoms with Crippen LogP contribution in [0.25, 0.3) is 0 Å². The Morgan fingerprint density at radius 3 is 3.09 bits per heavy atom. The monoisotopic (exact) mass is 173 g/mol. The summed E-state index contributed by atoms with van der Waals surface area (Å²) in [5, 5.41) is 12.0. The third-order valence-electron chi connectivity index (χ3n) is 1.15. The summed E-state index contributed by atoms with van der Waals surface area (Å²) in [4.78, 5) is 11.1. The van der Waals surface area contributed by atoms with Crippen LogP contribution >= 0.6 is 11.5 Å². The number of aliphatic carboxylic acids is 1. The van der Waals surface area contributed by atoms with Crippen LogP contribution in [-0.4, -0.2) is 26.7 Å². The van der Waals surface area contributed by atoms with Gasteiger partial charge >= 0.3 is 5.97 Å². The number of hydrogen-bond acceptors (Lipinski definition) is 5. The number of carboxylic acids is 1. The maximum atomic E-state index is 10.3. The number of aromatic nitrogens is 2. The second-order valence-electron chi connectivity index (χ2n) is 2.03. The molecule has 3 N–H and O–H groups in total. The molecule has 0 radical (unpaired) electrons. The van der Waals surface area contributed by atoms with E-state index >= 15 is 0 Å². The molecule has 0 aliphatic carbocycles. The van der Waals surface area contributed by atoms with Gasteiger partial charge in [-0.05, 0) is 11.5 Å². The largest absolute Gasteiger partial charge is 0.480 e. The van der Waals surface area contributed by atoms with Crippen molar-refractivity contribution in [3.8, 4) is 0 Å². The second kappa shape index (κ2) is 3.40. The Labute approximate surface area is 67.0 Å². The first-order chi connectivity index (χ1) is 5.20.